The first-order chi connectivity index (χ1) is 16.4. The quantitative estimate of drug-likeness (QED) is 0.219. The highest BCUT2D eigenvalue weighted by molar-refractivity contribution is 6.31. The summed E-state index contributed by atoms with van der Waals surface area (Å²) in [4.78, 5) is 55.9. The number of H-pyrrole nitrogens is 2. The fourth-order valence-electron chi connectivity index (χ4n) is 4.75. The van der Waals surface area contributed by atoms with Crippen LogP contribution in [0.3, 0.4) is 0 Å². The number of Topliss-reactive ketones (excluding diaryl/α,β-unsaturated/α-hetero) is 2. The third-order valence-corrected chi connectivity index (χ3v) is 6.61. The molecule has 178 valence electrons. The van der Waals surface area contributed by atoms with Crippen LogP contribution >= 0.6 is 0 Å². The van der Waals surface area contributed by atoms with E-state index in [2.05, 4.69) is 15.3 Å². The molecule has 35 heavy (non-hydrogen) atoms. The molecule has 0 unspecified atom stereocenters. The molecule has 0 saturated carbocycles. The van der Waals surface area contributed by atoms with Gasteiger partial charge in [0.2, 0.25) is 0 Å². The number of carbonyl (C=O) groups excluding carboxylic acids is 3. The Balaban J connectivity index is 1.65. The number of rotatable bonds is 3. The molecule has 0 amide bonds. The van der Waals surface area contributed by atoms with Crippen LogP contribution in [-0.4, -0.2) is 37.5 Å². The van der Waals surface area contributed by atoms with E-state index in [9.17, 15) is 29.4 Å². The molecule has 1 aliphatic heterocycles. The molecule has 0 radical (unpaired) electrons. The lowest BCUT2D eigenvalue weighted by molar-refractivity contribution is -0.123. The van der Waals surface area contributed by atoms with Crippen LogP contribution in [0.1, 0.15) is 42.3 Å². The first-order valence-electron chi connectivity index (χ1n) is 10.7. The van der Waals surface area contributed by atoms with Crippen molar-refractivity contribution in [2.45, 2.75) is 33.1 Å². The highest BCUT2D eigenvalue weighted by Gasteiger charge is 2.56. The Bertz CT molecular complexity index is 1640. The van der Waals surface area contributed by atoms with E-state index < -0.39 is 28.5 Å². The minimum absolute atomic E-state index is 0.0263. The predicted octanol–water partition coefficient (Wildman–Crippen LogP) is 2.85. The summed E-state index contributed by atoms with van der Waals surface area (Å²) in [5.41, 5.74) is -0.281. The first kappa shape index (κ1) is 22.2. The number of carbonyl (C=O) groups is 3. The summed E-state index contributed by atoms with van der Waals surface area (Å²) in [5, 5.41) is 24.4. The van der Waals surface area contributed by atoms with E-state index in [0.29, 0.717) is 16.7 Å². The molecule has 0 fully saturated rings. The van der Waals surface area contributed by atoms with E-state index >= 15 is 0 Å². The second kappa shape index (κ2) is 7.20. The summed E-state index contributed by atoms with van der Waals surface area (Å²) in [6.45, 7) is 5.72. The van der Waals surface area contributed by atoms with Crippen LogP contribution in [0.15, 0.2) is 46.1 Å². The highest BCUT2D eigenvalue weighted by atomic mass is 16.5. The number of phenols is 2. The molecule has 2 aromatic carbocycles. The minimum atomic E-state index is -1.59. The van der Waals surface area contributed by atoms with E-state index in [-0.39, 0.29) is 50.9 Å². The van der Waals surface area contributed by atoms with Gasteiger partial charge in [-0.1, -0.05) is 0 Å². The molecule has 1 atom stereocenters. The first-order valence-corrected chi connectivity index (χ1v) is 10.7. The monoisotopic (exact) mass is 475 g/mol. The lowest BCUT2D eigenvalue weighted by Gasteiger charge is -2.29. The molecule has 3 aromatic rings. The Hall–Kier alpha value is -4.60. The SMILES string of the molecule is CC(=O)c1c(O)c(C)c(O)c2c1OC1=CC(=O)C(=C(C)Nc3ccc4[nH]c(=O)[nH]c4c3)C(=O)[C@@]12C. The lowest BCUT2D eigenvalue weighted by atomic mass is 9.70. The summed E-state index contributed by atoms with van der Waals surface area (Å²) in [5.74, 6) is -2.76. The van der Waals surface area contributed by atoms with Gasteiger partial charge in [-0.2, -0.15) is 0 Å². The Morgan fingerprint density at radius 1 is 1.06 bits per heavy atom. The molecule has 10 heteroatoms. The lowest BCUT2D eigenvalue weighted by Crippen LogP contribution is -2.40. The average Bonchev–Trinajstić information content (AvgIpc) is 3.28. The molecule has 0 saturated heterocycles. The second-order valence-corrected chi connectivity index (χ2v) is 8.85. The molecule has 2 heterocycles. The molecule has 0 bridgehead atoms. The standard InChI is InChI=1S/C25H21N3O7/c1-9-20(31)18(11(3)29)22-19(21(9)32)25(4)16(35-22)8-15(30)17(23(25)33)10(2)26-12-5-6-13-14(7-12)28-24(34)27-13/h5-8,26,31-32H,1-4H3,(H2,27,28,34)/t25-/m0/s1. The normalized spacial score (nSPS) is 20.3. The van der Waals surface area contributed by atoms with Gasteiger partial charge in [-0.15, -0.1) is 0 Å². The largest absolute Gasteiger partial charge is 0.507 e. The maximum atomic E-state index is 13.8. The molecule has 5 rings (SSSR count). The number of aromatic hydroxyl groups is 2. The van der Waals surface area contributed by atoms with Crippen molar-refractivity contribution in [3.63, 3.8) is 0 Å². The number of imidazole rings is 1. The topological polar surface area (TPSA) is 162 Å². The number of ether oxygens (including phenoxy) is 1. The molecule has 1 aliphatic carbocycles. The van der Waals surface area contributed by atoms with Gasteiger partial charge in [-0.3, -0.25) is 14.4 Å². The van der Waals surface area contributed by atoms with Crippen LogP contribution in [0.4, 0.5) is 5.69 Å². The zero-order chi connectivity index (χ0) is 25.4. The number of anilines is 1. The van der Waals surface area contributed by atoms with Crippen molar-refractivity contribution < 1.29 is 29.3 Å². The van der Waals surface area contributed by atoms with Gasteiger partial charge in [-0.25, -0.2) is 4.79 Å². The smallest absolute Gasteiger partial charge is 0.323 e. The van der Waals surface area contributed by atoms with Crippen molar-refractivity contribution in [2.24, 2.45) is 0 Å². The molecule has 10 nitrogen and oxygen atoms in total. The zero-order valence-electron chi connectivity index (χ0n) is 19.2. The summed E-state index contributed by atoms with van der Waals surface area (Å²) < 4.78 is 5.76. The fourth-order valence-corrected chi connectivity index (χ4v) is 4.75. The predicted molar refractivity (Wildman–Crippen MR) is 126 cm³/mol. The average molecular weight is 475 g/mol. The number of ketones is 3. The van der Waals surface area contributed by atoms with Gasteiger partial charge in [0.25, 0.3) is 0 Å². The Morgan fingerprint density at radius 3 is 2.43 bits per heavy atom. The van der Waals surface area contributed by atoms with Crippen LogP contribution in [0.5, 0.6) is 17.2 Å². The number of benzene rings is 2. The second-order valence-electron chi connectivity index (χ2n) is 8.85. The maximum Gasteiger partial charge on any atom is 0.323 e. The Labute approximate surface area is 197 Å². The Morgan fingerprint density at radius 2 is 1.74 bits per heavy atom. The van der Waals surface area contributed by atoms with E-state index in [4.69, 9.17) is 4.74 Å². The third kappa shape index (κ3) is 2.96. The minimum Gasteiger partial charge on any atom is -0.507 e. The number of nitrogens with one attached hydrogen (secondary N) is 3. The van der Waals surface area contributed by atoms with E-state index in [0.717, 1.165) is 6.08 Å². The summed E-state index contributed by atoms with van der Waals surface area (Å²) in [7, 11) is 0. The van der Waals surface area contributed by atoms with E-state index in [1.165, 1.54) is 20.8 Å². The van der Waals surface area contributed by atoms with Crippen molar-refractivity contribution >= 4 is 34.1 Å². The van der Waals surface area contributed by atoms with E-state index in [1.807, 2.05) is 0 Å². The van der Waals surface area contributed by atoms with Gasteiger partial charge in [0.05, 0.1) is 22.2 Å². The van der Waals surface area contributed by atoms with Gasteiger partial charge in [0, 0.05) is 23.0 Å². The fraction of sp³-hybridized carbons (Fsp3) is 0.200. The summed E-state index contributed by atoms with van der Waals surface area (Å²) in [6.07, 6.45) is 1.16. The number of phenolic OH excluding ortho intramolecular Hbond substituents is 2. The molecule has 0 spiro atoms. The molecule has 1 aromatic heterocycles. The van der Waals surface area contributed by atoms with Crippen molar-refractivity contribution in [3.8, 4) is 17.2 Å². The number of allylic oxidation sites excluding steroid dienone is 4. The number of hydrogen-bond acceptors (Lipinski definition) is 8. The van der Waals surface area contributed by atoms with Crippen molar-refractivity contribution in [3.05, 3.63) is 68.5 Å². The number of aromatic amines is 2. The number of aromatic nitrogens is 2. The third-order valence-electron chi connectivity index (χ3n) is 6.61. The maximum absolute atomic E-state index is 13.8. The van der Waals surface area contributed by atoms with Crippen LogP contribution < -0.4 is 15.7 Å². The van der Waals surface area contributed by atoms with Crippen molar-refractivity contribution in [1.82, 2.24) is 9.97 Å². The van der Waals surface area contributed by atoms with Crippen molar-refractivity contribution in [1.29, 1.82) is 0 Å². The van der Waals surface area contributed by atoms with Gasteiger partial charge in [0.15, 0.2) is 17.3 Å². The van der Waals surface area contributed by atoms with Crippen LogP contribution in [0, 0.1) is 6.92 Å². The van der Waals surface area contributed by atoms with E-state index in [1.54, 1.807) is 25.1 Å². The number of hydrogen-bond donors (Lipinski definition) is 5. The van der Waals surface area contributed by atoms with Crippen molar-refractivity contribution in [2.75, 3.05) is 5.32 Å². The molecule has 2 aliphatic rings. The summed E-state index contributed by atoms with van der Waals surface area (Å²) >= 11 is 0. The van der Waals surface area contributed by atoms with Crippen LogP contribution in [-0.2, 0) is 15.0 Å². The molecule has 5 N–H and O–H groups in total. The van der Waals surface area contributed by atoms with Gasteiger partial charge >= 0.3 is 5.69 Å². The Kier molecular flexibility index (Phi) is 4.57. The zero-order valence-corrected chi connectivity index (χ0v) is 19.2. The van der Waals surface area contributed by atoms with Gasteiger partial charge in [0.1, 0.15) is 34.0 Å². The van der Waals surface area contributed by atoms with Crippen LogP contribution in [0.25, 0.3) is 11.0 Å². The molecular formula is C25H21N3O7. The number of fused-ring (bicyclic) bond motifs is 4. The van der Waals surface area contributed by atoms with Crippen LogP contribution in [0.2, 0.25) is 0 Å². The van der Waals surface area contributed by atoms with Gasteiger partial charge < -0.3 is 30.2 Å². The highest BCUT2D eigenvalue weighted by Crippen LogP contribution is 2.57. The molecular weight excluding hydrogens is 454 g/mol. The summed E-state index contributed by atoms with van der Waals surface area (Å²) in [6, 6.07) is 5.01. The van der Waals surface area contributed by atoms with Gasteiger partial charge in [-0.05, 0) is 45.9 Å².